The summed E-state index contributed by atoms with van der Waals surface area (Å²) in [7, 11) is 3.18. The molecule has 0 spiro atoms. The fourth-order valence-corrected chi connectivity index (χ4v) is 5.04. The molecule has 0 fully saturated rings. The molecule has 4 rings (SSSR count). The molecule has 0 bridgehead atoms. The molecule has 0 unspecified atom stereocenters. The van der Waals surface area contributed by atoms with Gasteiger partial charge in [0.25, 0.3) is 5.91 Å². The molecule has 35 heavy (non-hydrogen) atoms. The number of hydrogen-bond acceptors (Lipinski definition) is 8. The fourth-order valence-electron chi connectivity index (χ4n) is 3.47. The van der Waals surface area contributed by atoms with E-state index in [-0.39, 0.29) is 17.6 Å². The van der Waals surface area contributed by atoms with Gasteiger partial charge in [-0.25, -0.2) is 0 Å². The van der Waals surface area contributed by atoms with Crippen molar-refractivity contribution in [2.24, 2.45) is 0 Å². The van der Waals surface area contributed by atoms with E-state index < -0.39 is 0 Å². The zero-order chi connectivity index (χ0) is 24.6. The Hall–Kier alpha value is -3.63. The van der Waals surface area contributed by atoms with E-state index >= 15 is 0 Å². The van der Waals surface area contributed by atoms with E-state index in [4.69, 9.17) is 9.47 Å². The van der Waals surface area contributed by atoms with E-state index in [1.807, 2.05) is 54.6 Å². The monoisotopic (exact) mass is 508 g/mol. The number of carbonyl (C=O) groups excluding carboxylic acids is 2. The van der Waals surface area contributed by atoms with Gasteiger partial charge in [0.05, 0.1) is 20.0 Å². The quantitative estimate of drug-likeness (QED) is 0.242. The van der Waals surface area contributed by atoms with E-state index in [9.17, 15) is 9.59 Å². The van der Waals surface area contributed by atoms with Crippen molar-refractivity contribution in [3.63, 3.8) is 0 Å². The van der Waals surface area contributed by atoms with Crippen LogP contribution in [-0.2, 0) is 11.2 Å². The molecule has 0 radical (unpaired) electrons. The van der Waals surface area contributed by atoms with Crippen molar-refractivity contribution in [3.8, 4) is 11.5 Å². The lowest BCUT2D eigenvalue weighted by molar-refractivity contribution is -0.118. The SMILES string of the molecule is COc1ccc(CCNC(=O)CSc2nnc(NC(=O)c3cccc4ccccc34)s2)cc1OC. The van der Waals surface area contributed by atoms with E-state index in [2.05, 4.69) is 20.8 Å². The van der Waals surface area contributed by atoms with Gasteiger partial charge in [0.2, 0.25) is 11.0 Å². The number of rotatable bonds is 10. The van der Waals surface area contributed by atoms with E-state index in [1.165, 1.54) is 23.1 Å². The standard InChI is InChI=1S/C25H24N4O4S2/c1-32-20-11-10-16(14-21(20)33-2)12-13-26-22(30)15-34-25-29-28-24(35-25)27-23(31)19-9-5-7-17-6-3-4-8-18(17)19/h3-11,14H,12-13,15H2,1-2H3,(H,26,30)(H,27,28,31). The van der Waals surface area contributed by atoms with Gasteiger partial charge in [-0.15, -0.1) is 10.2 Å². The molecule has 0 saturated heterocycles. The van der Waals surface area contributed by atoms with Crippen LogP contribution >= 0.6 is 23.1 Å². The maximum atomic E-state index is 12.8. The van der Waals surface area contributed by atoms with Gasteiger partial charge >= 0.3 is 0 Å². The number of nitrogens with zero attached hydrogens (tertiary/aromatic N) is 2. The number of ether oxygens (including phenoxy) is 2. The van der Waals surface area contributed by atoms with Crippen LogP contribution in [0.3, 0.4) is 0 Å². The van der Waals surface area contributed by atoms with Crippen molar-refractivity contribution in [1.29, 1.82) is 0 Å². The van der Waals surface area contributed by atoms with Crippen molar-refractivity contribution in [3.05, 3.63) is 71.8 Å². The van der Waals surface area contributed by atoms with Gasteiger partial charge in [-0.05, 0) is 41.0 Å². The van der Waals surface area contributed by atoms with Gasteiger partial charge in [0.15, 0.2) is 15.8 Å². The number of benzene rings is 3. The van der Waals surface area contributed by atoms with Gasteiger partial charge in [-0.2, -0.15) is 0 Å². The molecule has 3 aromatic carbocycles. The van der Waals surface area contributed by atoms with Crippen LogP contribution in [0.1, 0.15) is 15.9 Å². The van der Waals surface area contributed by atoms with Crippen LogP contribution in [0.2, 0.25) is 0 Å². The summed E-state index contributed by atoms with van der Waals surface area (Å²) in [6.07, 6.45) is 0.667. The molecule has 2 amide bonds. The van der Waals surface area contributed by atoms with E-state index in [1.54, 1.807) is 20.3 Å². The number of fused-ring (bicyclic) bond motifs is 1. The summed E-state index contributed by atoms with van der Waals surface area (Å²) in [5.74, 6) is 1.18. The third-order valence-corrected chi connectivity index (χ3v) is 7.14. The molecule has 0 aliphatic rings. The van der Waals surface area contributed by atoms with Gasteiger partial charge in [-0.1, -0.05) is 65.6 Å². The van der Waals surface area contributed by atoms with Crippen LogP contribution in [0.5, 0.6) is 11.5 Å². The lowest BCUT2D eigenvalue weighted by atomic mass is 10.0. The first kappa shape index (κ1) is 24.5. The van der Waals surface area contributed by atoms with Crippen LogP contribution in [0.15, 0.2) is 65.0 Å². The summed E-state index contributed by atoms with van der Waals surface area (Å²) >= 11 is 2.51. The van der Waals surface area contributed by atoms with Crippen LogP contribution in [-0.4, -0.2) is 48.5 Å². The second kappa shape index (κ2) is 11.7. The van der Waals surface area contributed by atoms with Crippen molar-refractivity contribution >= 4 is 50.8 Å². The molecule has 2 N–H and O–H groups in total. The highest BCUT2D eigenvalue weighted by molar-refractivity contribution is 8.01. The minimum atomic E-state index is -0.248. The van der Waals surface area contributed by atoms with Gasteiger partial charge in [0.1, 0.15) is 0 Å². The molecule has 8 nitrogen and oxygen atoms in total. The summed E-state index contributed by atoms with van der Waals surface area (Å²) in [4.78, 5) is 25.0. The summed E-state index contributed by atoms with van der Waals surface area (Å²) in [6, 6.07) is 19.0. The number of anilines is 1. The molecule has 1 aromatic heterocycles. The van der Waals surface area contributed by atoms with Crippen molar-refractivity contribution in [2.45, 2.75) is 10.8 Å². The number of methoxy groups -OCH3 is 2. The predicted molar refractivity (Wildman–Crippen MR) is 139 cm³/mol. The first-order valence-corrected chi connectivity index (χ1v) is 12.6. The zero-order valence-corrected chi connectivity index (χ0v) is 20.9. The molecular weight excluding hydrogens is 484 g/mol. The Morgan fingerprint density at radius 3 is 2.60 bits per heavy atom. The van der Waals surface area contributed by atoms with Crippen LogP contribution in [0.25, 0.3) is 10.8 Å². The van der Waals surface area contributed by atoms with Crippen LogP contribution in [0, 0.1) is 0 Å². The van der Waals surface area contributed by atoms with E-state index in [0.29, 0.717) is 39.5 Å². The summed E-state index contributed by atoms with van der Waals surface area (Å²) < 4.78 is 11.2. The lowest BCUT2D eigenvalue weighted by Gasteiger charge is -2.10. The van der Waals surface area contributed by atoms with Crippen molar-refractivity contribution < 1.29 is 19.1 Å². The Kier molecular flexibility index (Phi) is 8.17. The zero-order valence-electron chi connectivity index (χ0n) is 19.2. The Bertz CT molecular complexity index is 1340. The molecule has 10 heteroatoms. The molecule has 4 aromatic rings. The number of aromatic nitrogens is 2. The number of carbonyl (C=O) groups is 2. The third-order valence-electron chi connectivity index (χ3n) is 5.17. The highest BCUT2D eigenvalue weighted by atomic mass is 32.2. The maximum absolute atomic E-state index is 12.8. The predicted octanol–water partition coefficient (Wildman–Crippen LogP) is 4.41. The molecule has 0 aliphatic heterocycles. The average molecular weight is 509 g/mol. The lowest BCUT2D eigenvalue weighted by Crippen LogP contribution is -2.27. The molecule has 0 atom stereocenters. The second-order valence-corrected chi connectivity index (χ2v) is 9.63. The molecule has 0 aliphatic carbocycles. The summed E-state index contributed by atoms with van der Waals surface area (Å²) in [5, 5.41) is 16.1. The smallest absolute Gasteiger partial charge is 0.258 e. The molecule has 0 saturated carbocycles. The normalized spacial score (nSPS) is 10.7. The Labute approximate surface area is 211 Å². The van der Waals surface area contributed by atoms with Gasteiger partial charge in [-0.3, -0.25) is 14.9 Å². The van der Waals surface area contributed by atoms with E-state index in [0.717, 1.165) is 16.3 Å². The van der Waals surface area contributed by atoms with Crippen LogP contribution < -0.4 is 20.1 Å². The first-order chi connectivity index (χ1) is 17.1. The third kappa shape index (κ3) is 6.28. The van der Waals surface area contributed by atoms with Crippen LogP contribution in [0.4, 0.5) is 5.13 Å². The number of thioether (sulfide) groups is 1. The highest BCUT2D eigenvalue weighted by Crippen LogP contribution is 2.28. The number of hydrogen-bond donors (Lipinski definition) is 2. The van der Waals surface area contributed by atoms with Gasteiger partial charge in [0, 0.05) is 12.1 Å². The Morgan fingerprint density at radius 2 is 1.77 bits per heavy atom. The summed E-state index contributed by atoms with van der Waals surface area (Å²) in [5.41, 5.74) is 1.60. The molecular formula is C25H24N4O4S2. The second-order valence-electron chi connectivity index (χ2n) is 7.43. The minimum Gasteiger partial charge on any atom is -0.493 e. The van der Waals surface area contributed by atoms with Gasteiger partial charge < -0.3 is 14.8 Å². The topological polar surface area (TPSA) is 102 Å². The summed E-state index contributed by atoms with van der Waals surface area (Å²) in [6.45, 7) is 0.497. The average Bonchev–Trinajstić information content (AvgIpc) is 3.34. The number of nitrogens with one attached hydrogen (secondary N) is 2. The Morgan fingerprint density at radius 1 is 0.971 bits per heavy atom. The highest BCUT2D eigenvalue weighted by Gasteiger charge is 2.14. The van der Waals surface area contributed by atoms with Crippen molar-refractivity contribution in [1.82, 2.24) is 15.5 Å². The maximum Gasteiger partial charge on any atom is 0.258 e. The largest absolute Gasteiger partial charge is 0.493 e. The molecule has 180 valence electrons. The molecule has 1 heterocycles. The number of amides is 2. The Balaban J connectivity index is 1.25. The minimum absolute atomic E-state index is 0.105. The first-order valence-electron chi connectivity index (χ1n) is 10.8. The van der Waals surface area contributed by atoms with Crippen molar-refractivity contribution in [2.75, 3.05) is 31.8 Å². The fraction of sp³-hybridized carbons (Fsp3) is 0.200.